The molecule has 0 spiro atoms. The smallest absolute Gasteiger partial charge is 0.0464 e. The first-order valence-corrected chi connectivity index (χ1v) is 6.07. The molecule has 1 aromatic heterocycles. The van der Waals surface area contributed by atoms with Crippen molar-refractivity contribution in [3.8, 4) is 11.3 Å². The molecule has 0 bridgehead atoms. The number of aromatic nitrogens is 1. The van der Waals surface area contributed by atoms with Crippen LogP contribution in [0.5, 0.6) is 0 Å². The van der Waals surface area contributed by atoms with Crippen LogP contribution in [-0.2, 0) is 0 Å². The molecule has 1 heteroatoms. The van der Waals surface area contributed by atoms with Gasteiger partial charge in [-0.15, -0.1) is 0 Å². The predicted octanol–water partition coefficient (Wildman–Crippen LogP) is 4.86. The Hall–Kier alpha value is -2.02. The minimum Gasteiger partial charge on any atom is -0.355 e. The van der Waals surface area contributed by atoms with Crippen molar-refractivity contribution in [1.82, 2.24) is 4.98 Å². The molecular weight excluding hydrogens is 206 g/mol. The molecule has 3 rings (SSSR count). The number of para-hydroxylation sites is 1. The fraction of sp³-hybridized carbons (Fsp3) is 0.125. The molecule has 0 atom stereocenters. The highest BCUT2D eigenvalue weighted by Gasteiger charge is 2.00. The average Bonchev–Trinajstić information content (AvgIpc) is 2.86. The average molecular weight is 223 g/mol. The lowest BCUT2D eigenvalue weighted by atomic mass is 10.1. The minimum atomic E-state index is 1.18. The summed E-state index contributed by atoms with van der Waals surface area (Å²) in [5.41, 5.74) is 3.60. The van der Waals surface area contributed by atoms with Crippen molar-refractivity contribution in [3.63, 3.8) is 0 Å². The third kappa shape index (κ3) is 2.39. The zero-order valence-corrected chi connectivity index (χ0v) is 10.3. The second-order valence-electron chi connectivity index (χ2n) is 3.64. The summed E-state index contributed by atoms with van der Waals surface area (Å²) in [6.45, 7) is 4.00. The van der Waals surface area contributed by atoms with Crippen molar-refractivity contribution in [3.05, 3.63) is 60.7 Å². The van der Waals surface area contributed by atoms with E-state index in [1.165, 1.54) is 22.2 Å². The van der Waals surface area contributed by atoms with Crippen LogP contribution in [0.3, 0.4) is 0 Å². The molecule has 0 saturated carbocycles. The van der Waals surface area contributed by atoms with Crippen molar-refractivity contribution in [2.45, 2.75) is 13.8 Å². The molecule has 0 unspecified atom stereocenters. The maximum absolute atomic E-state index is 3.41. The number of aromatic amines is 1. The molecule has 0 aliphatic rings. The van der Waals surface area contributed by atoms with Crippen LogP contribution in [0, 0.1) is 0 Å². The van der Waals surface area contributed by atoms with Crippen LogP contribution < -0.4 is 0 Å². The van der Waals surface area contributed by atoms with Gasteiger partial charge in [-0.3, -0.25) is 0 Å². The number of hydrogen-bond acceptors (Lipinski definition) is 0. The Bertz CT molecular complexity index is 546. The standard InChI is InChI=1S/C14H11N.C2H6/c1-2-6-11(7-3-1)14-10-12-8-4-5-9-13(12)15-14;1-2/h1-10,15H;1-2H3. The van der Waals surface area contributed by atoms with Crippen molar-refractivity contribution < 1.29 is 0 Å². The number of benzene rings is 2. The predicted molar refractivity (Wildman–Crippen MR) is 75.1 cm³/mol. The largest absolute Gasteiger partial charge is 0.355 e. The Morgan fingerprint density at radius 2 is 1.41 bits per heavy atom. The Morgan fingerprint density at radius 1 is 0.765 bits per heavy atom. The van der Waals surface area contributed by atoms with E-state index in [-0.39, 0.29) is 0 Å². The van der Waals surface area contributed by atoms with E-state index in [0.717, 1.165) is 0 Å². The zero-order valence-electron chi connectivity index (χ0n) is 10.3. The molecule has 0 fully saturated rings. The Morgan fingerprint density at radius 3 is 2.12 bits per heavy atom. The van der Waals surface area contributed by atoms with Crippen LogP contribution in [0.25, 0.3) is 22.2 Å². The van der Waals surface area contributed by atoms with Crippen molar-refractivity contribution in [2.24, 2.45) is 0 Å². The summed E-state index contributed by atoms with van der Waals surface area (Å²) in [5.74, 6) is 0. The highest BCUT2D eigenvalue weighted by Crippen LogP contribution is 2.23. The summed E-state index contributed by atoms with van der Waals surface area (Å²) < 4.78 is 0. The van der Waals surface area contributed by atoms with Gasteiger partial charge in [-0.05, 0) is 17.7 Å². The number of nitrogens with one attached hydrogen (secondary N) is 1. The maximum Gasteiger partial charge on any atom is 0.0464 e. The third-order valence-electron chi connectivity index (χ3n) is 2.61. The normalized spacial score (nSPS) is 9.76. The molecule has 1 nitrogen and oxygen atoms in total. The minimum absolute atomic E-state index is 1.18. The Kier molecular flexibility index (Phi) is 3.61. The van der Waals surface area contributed by atoms with Gasteiger partial charge in [-0.1, -0.05) is 62.4 Å². The summed E-state index contributed by atoms with van der Waals surface area (Å²) in [5, 5.41) is 1.26. The molecule has 1 N–H and O–H groups in total. The third-order valence-corrected chi connectivity index (χ3v) is 2.61. The monoisotopic (exact) mass is 223 g/mol. The number of fused-ring (bicyclic) bond motifs is 1. The summed E-state index contributed by atoms with van der Waals surface area (Å²) >= 11 is 0. The van der Waals surface area contributed by atoms with E-state index in [1.807, 2.05) is 26.0 Å². The van der Waals surface area contributed by atoms with Crippen molar-refractivity contribution in [2.75, 3.05) is 0 Å². The fourth-order valence-electron chi connectivity index (χ4n) is 1.85. The highest BCUT2D eigenvalue weighted by molar-refractivity contribution is 5.85. The van der Waals surface area contributed by atoms with Gasteiger partial charge < -0.3 is 4.98 Å². The van der Waals surface area contributed by atoms with Crippen molar-refractivity contribution in [1.29, 1.82) is 0 Å². The molecule has 86 valence electrons. The second kappa shape index (κ2) is 5.35. The molecule has 0 amide bonds. The van der Waals surface area contributed by atoms with Gasteiger partial charge in [0.1, 0.15) is 0 Å². The maximum atomic E-state index is 3.41. The molecule has 1 heterocycles. The first-order valence-electron chi connectivity index (χ1n) is 6.07. The summed E-state index contributed by atoms with van der Waals surface area (Å²) in [7, 11) is 0. The lowest BCUT2D eigenvalue weighted by molar-refractivity contribution is 1.45. The van der Waals surface area contributed by atoms with E-state index in [4.69, 9.17) is 0 Å². The van der Waals surface area contributed by atoms with Gasteiger partial charge in [0.25, 0.3) is 0 Å². The second-order valence-corrected chi connectivity index (χ2v) is 3.64. The van der Waals surface area contributed by atoms with Gasteiger partial charge in [-0.2, -0.15) is 0 Å². The number of H-pyrrole nitrogens is 1. The summed E-state index contributed by atoms with van der Waals surface area (Å²) in [4.78, 5) is 3.41. The number of hydrogen-bond donors (Lipinski definition) is 1. The fourth-order valence-corrected chi connectivity index (χ4v) is 1.85. The molecule has 3 aromatic rings. The van der Waals surface area contributed by atoms with Crippen LogP contribution >= 0.6 is 0 Å². The Balaban J connectivity index is 0.000000514. The van der Waals surface area contributed by atoms with Crippen LogP contribution in [0.4, 0.5) is 0 Å². The van der Waals surface area contributed by atoms with E-state index in [0.29, 0.717) is 0 Å². The lowest BCUT2D eigenvalue weighted by Gasteiger charge is -1.94. The van der Waals surface area contributed by atoms with Gasteiger partial charge in [0, 0.05) is 16.6 Å². The SMILES string of the molecule is CC.c1ccc(-c2cc3ccccc3[nH]2)cc1. The van der Waals surface area contributed by atoms with Crippen LogP contribution in [-0.4, -0.2) is 4.98 Å². The summed E-state index contributed by atoms with van der Waals surface area (Å²) in [6, 6.07) is 20.9. The van der Waals surface area contributed by atoms with Crippen LogP contribution in [0.2, 0.25) is 0 Å². The van der Waals surface area contributed by atoms with Gasteiger partial charge in [0.05, 0.1) is 0 Å². The highest BCUT2D eigenvalue weighted by atomic mass is 14.7. The summed E-state index contributed by atoms with van der Waals surface area (Å²) in [6.07, 6.45) is 0. The molecular formula is C16H17N. The topological polar surface area (TPSA) is 15.8 Å². The first-order chi connectivity index (χ1) is 8.43. The first kappa shape index (κ1) is 11.5. The van der Waals surface area contributed by atoms with Gasteiger partial charge in [0.2, 0.25) is 0 Å². The molecule has 0 aliphatic heterocycles. The van der Waals surface area contributed by atoms with E-state index < -0.39 is 0 Å². The van der Waals surface area contributed by atoms with Crippen LogP contribution in [0.1, 0.15) is 13.8 Å². The molecule has 17 heavy (non-hydrogen) atoms. The number of rotatable bonds is 1. The van der Waals surface area contributed by atoms with E-state index in [2.05, 4.69) is 53.5 Å². The van der Waals surface area contributed by atoms with Crippen LogP contribution in [0.15, 0.2) is 60.7 Å². The van der Waals surface area contributed by atoms with E-state index in [1.54, 1.807) is 0 Å². The molecule has 2 aromatic carbocycles. The van der Waals surface area contributed by atoms with Gasteiger partial charge in [0.15, 0.2) is 0 Å². The quantitative estimate of drug-likeness (QED) is 0.606. The molecule has 0 aliphatic carbocycles. The van der Waals surface area contributed by atoms with Gasteiger partial charge in [-0.25, -0.2) is 0 Å². The van der Waals surface area contributed by atoms with Crippen molar-refractivity contribution >= 4 is 10.9 Å². The molecule has 0 radical (unpaired) electrons. The lowest BCUT2D eigenvalue weighted by Crippen LogP contribution is -1.74. The van der Waals surface area contributed by atoms with Gasteiger partial charge >= 0.3 is 0 Å². The zero-order chi connectivity index (χ0) is 12.1. The molecule has 0 saturated heterocycles. The van der Waals surface area contributed by atoms with E-state index >= 15 is 0 Å². The Labute approximate surface area is 102 Å². The van der Waals surface area contributed by atoms with E-state index in [9.17, 15) is 0 Å².